The number of nitrogens with zero attached hydrogens (tertiary/aromatic N) is 1. The fourth-order valence-corrected chi connectivity index (χ4v) is 3.31. The van der Waals surface area contributed by atoms with Crippen molar-refractivity contribution in [2.24, 2.45) is 10.4 Å². The number of nitrogens with one attached hydrogen (secondary N) is 2. The third-order valence-electron chi connectivity index (χ3n) is 4.76. The van der Waals surface area contributed by atoms with Gasteiger partial charge < -0.3 is 20.1 Å². The SMILES string of the molecule is CN=C(NCCOc1ccccc1)NCC1(CCOC)CCCC1.I. The summed E-state index contributed by atoms with van der Waals surface area (Å²) in [6.45, 7) is 3.12. The van der Waals surface area contributed by atoms with Crippen LogP contribution in [0.15, 0.2) is 35.3 Å². The number of ether oxygens (including phenoxy) is 2. The van der Waals surface area contributed by atoms with Crippen LogP contribution in [0.2, 0.25) is 0 Å². The van der Waals surface area contributed by atoms with Crippen LogP contribution in [0.4, 0.5) is 0 Å². The number of hydrogen-bond donors (Lipinski definition) is 2. The summed E-state index contributed by atoms with van der Waals surface area (Å²) < 4.78 is 11.0. The molecule has 1 aromatic rings. The van der Waals surface area contributed by atoms with Crippen LogP contribution >= 0.6 is 24.0 Å². The van der Waals surface area contributed by atoms with Crippen LogP contribution in [0.1, 0.15) is 32.1 Å². The van der Waals surface area contributed by atoms with Crippen LogP contribution in [-0.4, -0.2) is 46.4 Å². The van der Waals surface area contributed by atoms with E-state index in [1.165, 1.54) is 25.7 Å². The Morgan fingerprint density at radius 3 is 2.48 bits per heavy atom. The molecule has 1 aliphatic carbocycles. The van der Waals surface area contributed by atoms with Crippen molar-refractivity contribution >= 4 is 29.9 Å². The predicted molar refractivity (Wildman–Crippen MR) is 114 cm³/mol. The van der Waals surface area contributed by atoms with E-state index in [9.17, 15) is 0 Å². The van der Waals surface area contributed by atoms with Crippen molar-refractivity contribution in [3.05, 3.63) is 30.3 Å². The molecule has 142 valence electrons. The van der Waals surface area contributed by atoms with Crippen LogP contribution in [0.5, 0.6) is 5.75 Å². The number of benzene rings is 1. The molecule has 2 N–H and O–H groups in total. The highest BCUT2D eigenvalue weighted by Crippen LogP contribution is 2.40. The molecule has 25 heavy (non-hydrogen) atoms. The molecule has 0 atom stereocenters. The van der Waals surface area contributed by atoms with Gasteiger partial charge in [-0.05, 0) is 36.8 Å². The number of para-hydroxylation sites is 1. The maximum Gasteiger partial charge on any atom is 0.191 e. The van der Waals surface area contributed by atoms with Gasteiger partial charge in [-0.25, -0.2) is 0 Å². The van der Waals surface area contributed by atoms with Crippen molar-refractivity contribution in [3.63, 3.8) is 0 Å². The molecule has 1 aliphatic rings. The van der Waals surface area contributed by atoms with Crippen LogP contribution < -0.4 is 15.4 Å². The average molecular weight is 461 g/mol. The minimum absolute atomic E-state index is 0. The van der Waals surface area contributed by atoms with E-state index in [0.717, 1.165) is 37.8 Å². The van der Waals surface area contributed by atoms with Gasteiger partial charge in [0.25, 0.3) is 0 Å². The minimum atomic E-state index is 0. The largest absolute Gasteiger partial charge is 0.492 e. The molecule has 5 nitrogen and oxygen atoms in total. The van der Waals surface area contributed by atoms with Gasteiger partial charge in [0.2, 0.25) is 0 Å². The quantitative estimate of drug-likeness (QED) is 0.256. The van der Waals surface area contributed by atoms with Crippen LogP contribution in [0, 0.1) is 5.41 Å². The highest BCUT2D eigenvalue weighted by atomic mass is 127. The summed E-state index contributed by atoms with van der Waals surface area (Å²) in [6, 6.07) is 9.87. The zero-order valence-corrected chi connectivity index (χ0v) is 17.8. The van der Waals surface area contributed by atoms with Gasteiger partial charge >= 0.3 is 0 Å². The molecule has 6 heteroatoms. The van der Waals surface area contributed by atoms with Gasteiger partial charge in [-0.2, -0.15) is 0 Å². The molecule has 2 rings (SSSR count). The molecule has 1 fully saturated rings. The lowest BCUT2D eigenvalue weighted by Crippen LogP contribution is -2.44. The number of guanidine groups is 1. The summed E-state index contributed by atoms with van der Waals surface area (Å²) >= 11 is 0. The average Bonchev–Trinajstić information content (AvgIpc) is 3.09. The molecule has 0 radical (unpaired) electrons. The fourth-order valence-electron chi connectivity index (χ4n) is 3.31. The Morgan fingerprint density at radius 2 is 1.84 bits per heavy atom. The number of aliphatic imine (C=N–C) groups is 1. The van der Waals surface area contributed by atoms with E-state index in [1.54, 1.807) is 7.11 Å². The van der Waals surface area contributed by atoms with Crippen molar-refractivity contribution in [1.29, 1.82) is 0 Å². The summed E-state index contributed by atoms with van der Waals surface area (Å²) in [7, 11) is 3.59. The maximum atomic E-state index is 5.69. The third-order valence-corrected chi connectivity index (χ3v) is 4.76. The topological polar surface area (TPSA) is 54.9 Å². The summed E-state index contributed by atoms with van der Waals surface area (Å²) in [4.78, 5) is 4.31. The molecule has 0 saturated heterocycles. The Hall–Kier alpha value is -1.02. The molecule has 0 heterocycles. The standard InChI is InChI=1S/C19H31N3O2.HI/c1-20-18(21-13-15-24-17-8-4-3-5-9-17)22-16-19(12-14-23-2)10-6-7-11-19;/h3-5,8-9H,6-7,10-16H2,1-2H3,(H2,20,21,22);1H. The van der Waals surface area contributed by atoms with E-state index in [-0.39, 0.29) is 24.0 Å². The van der Waals surface area contributed by atoms with Gasteiger partial charge in [0.05, 0.1) is 6.54 Å². The third kappa shape index (κ3) is 7.81. The lowest BCUT2D eigenvalue weighted by atomic mass is 9.83. The van der Waals surface area contributed by atoms with Gasteiger partial charge in [0, 0.05) is 27.3 Å². The zero-order chi connectivity index (χ0) is 17.1. The smallest absolute Gasteiger partial charge is 0.191 e. The summed E-state index contributed by atoms with van der Waals surface area (Å²) in [5.41, 5.74) is 0.355. The van der Waals surface area contributed by atoms with Crippen LogP contribution in [0.25, 0.3) is 0 Å². The predicted octanol–water partition coefficient (Wildman–Crippen LogP) is 3.45. The van der Waals surface area contributed by atoms with Crippen LogP contribution in [0.3, 0.4) is 0 Å². The maximum absolute atomic E-state index is 5.69. The molecule has 0 bridgehead atoms. The number of halogens is 1. The first-order valence-corrected chi connectivity index (χ1v) is 8.89. The Kier molecular flexibility index (Phi) is 10.9. The van der Waals surface area contributed by atoms with Crippen molar-refractivity contribution in [2.75, 3.05) is 40.5 Å². The Morgan fingerprint density at radius 1 is 1.12 bits per heavy atom. The second kappa shape index (κ2) is 12.4. The molecule has 1 saturated carbocycles. The van der Waals surface area contributed by atoms with E-state index >= 15 is 0 Å². The summed E-state index contributed by atoms with van der Waals surface area (Å²) in [6.07, 6.45) is 6.31. The van der Waals surface area contributed by atoms with Gasteiger partial charge in [0.15, 0.2) is 5.96 Å². The van der Waals surface area contributed by atoms with Crippen molar-refractivity contribution < 1.29 is 9.47 Å². The first-order valence-electron chi connectivity index (χ1n) is 8.89. The lowest BCUT2D eigenvalue weighted by Gasteiger charge is -2.29. The monoisotopic (exact) mass is 461 g/mol. The number of hydrogen-bond acceptors (Lipinski definition) is 3. The second-order valence-corrected chi connectivity index (χ2v) is 6.46. The summed E-state index contributed by atoms with van der Waals surface area (Å²) in [5.74, 6) is 1.74. The van der Waals surface area contributed by atoms with E-state index in [2.05, 4.69) is 15.6 Å². The van der Waals surface area contributed by atoms with E-state index in [4.69, 9.17) is 9.47 Å². The first kappa shape index (κ1) is 22.0. The lowest BCUT2D eigenvalue weighted by molar-refractivity contribution is 0.138. The van der Waals surface area contributed by atoms with Crippen LogP contribution in [-0.2, 0) is 4.74 Å². The molecule has 0 unspecified atom stereocenters. The minimum Gasteiger partial charge on any atom is -0.492 e. The first-order chi connectivity index (χ1) is 11.8. The summed E-state index contributed by atoms with van der Waals surface area (Å²) in [5, 5.41) is 6.81. The molecular formula is C19H32IN3O2. The molecule has 0 spiro atoms. The van der Waals surface area contributed by atoms with Gasteiger partial charge in [-0.15, -0.1) is 24.0 Å². The molecule has 0 aliphatic heterocycles. The van der Waals surface area contributed by atoms with E-state index in [0.29, 0.717) is 12.0 Å². The highest BCUT2D eigenvalue weighted by Gasteiger charge is 2.33. The van der Waals surface area contributed by atoms with Crippen molar-refractivity contribution in [3.8, 4) is 5.75 Å². The normalized spacial score (nSPS) is 16.2. The Balaban J connectivity index is 0.00000312. The van der Waals surface area contributed by atoms with E-state index < -0.39 is 0 Å². The number of rotatable bonds is 9. The Labute approximate surface area is 169 Å². The zero-order valence-electron chi connectivity index (χ0n) is 15.4. The van der Waals surface area contributed by atoms with Gasteiger partial charge in [-0.1, -0.05) is 31.0 Å². The van der Waals surface area contributed by atoms with Gasteiger partial charge in [0.1, 0.15) is 12.4 Å². The number of methoxy groups -OCH3 is 1. The highest BCUT2D eigenvalue weighted by molar-refractivity contribution is 14.0. The van der Waals surface area contributed by atoms with Crippen molar-refractivity contribution in [1.82, 2.24) is 10.6 Å². The second-order valence-electron chi connectivity index (χ2n) is 6.46. The van der Waals surface area contributed by atoms with E-state index in [1.807, 2.05) is 37.4 Å². The molecular weight excluding hydrogens is 429 g/mol. The Bertz CT molecular complexity index is 491. The molecule has 0 aromatic heterocycles. The molecule has 0 amide bonds. The molecule has 1 aromatic carbocycles. The fraction of sp³-hybridized carbons (Fsp3) is 0.632. The van der Waals surface area contributed by atoms with Gasteiger partial charge in [-0.3, -0.25) is 4.99 Å². The van der Waals surface area contributed by atoms with Crippen molar-refractivity contribution in [2.45, 2.75) is 32.1 Å².